The maximum Gasteiger partial charge on any atom is 0.253 e. The van der Waals surface area contributed by atoms with Gasteiger partial charge >= 0.3 is 0 Å². The average molecular weight is 399 g/mol. The fourth-order valence-corrected chi connectivity index (χ4v) is 6.06. The van der Waals surface area contributed by atoms with E-state index in [4.69, 9.17) is 11.6 Å². The predicted octanol–water partition coefficient (Wildman–Crippen LogP) is 3.18. The lowest BCUT2D eigenvalue weighted by molar-refractivity contribution is -0.124. The first-order valence-electron chi connectivity index (χ1n) is 7.98. The van der Waals surface area contributed by atoms with Gasteiger partial charge in [-0.05, 0) is 49.6 Å². The molecule has 1 amide bonds. The molecule has 0 spiro atoms. The molecule has 0 saturated carbocycles. The quantitative estimate of drug-likeness (QED) is 0.841. The summed E-state index contributed by atoms with van der Waals surface area (Å²) in [5, 5.41) is 3.47. The standard InChI is InChI=1S/C17H19ClN2O3S2/c1-12-4-9-16(24-12)25(22,23)20-10-2-3-15(20)17(21)19-11-13-5-7-14(18)8-6-13/h4-9,15H,2-3,10-11H2,1H3,(H,19,21). The molecule has 1 fully saturated rings. The van der Waals surface area contributed by atoms with Crippen LogP contribution in [0.2, 0.25) is 5.02 Å². The Morgan fingerprint density at radius 3 is 2.64 bits per heavy atom. The van der Waals surface area contributed by atoms with E-state index in [0.717, 1.165) is 10.4 Å². The fourth-order valence-electron chi connectivity index (χ4n) is 2.87. The number of halogens is 1. The Morgan fingerprint density at radius 2 is 2.00 bits per heavy atom. The van der Waals surface area contributed by atoms with Crippen molar-refractivity contribution < 1.29 is 13.2 Å². The number of thiophene rings is 1. The minimum Gasteiger partial charge on any atom is -0.351 e. The number of carbonyl (C=O) groups is 1. The van der Waals surface area contributed by atoms with E-state index in [1.54, 1.807) is 24.3 Å². The number of benzene rings is 1. The molecule has 25 heavy (non-hydrogen) atoms. The van der Waals surface area contributed by atoms with Crippen molar-refractivity contribution in [2.24, 2.45) is 0 Å². The van der Waals surface area contributed by atoms with E-state index in [9.17, 15) is 13.2 Å². The third-order valence-corrected chi connectivity index (χ3v) is 7.79. The molecule has 2 aromatic rings. The highest BCUT2D eigenvalue weighted by Crippen LogP contribution is 2.30. The Labute approximate surface area is 156 Å². The van der Waals surface area contributed by atoms with Gasteiger partial charge in [-0.15, -0.1) is 11.3 Å². The molecule has 0 bridgehead atoms. The van der Waals surface area contributed by atoms with Crippen LogP contribution in [0.3, 0.4) is 0 Å². The van der Waals surface area contributed by atoms with Crippen molar-refractivity contribution in [3.8, 4) is 0 Å². The molecular formula is C17H19ClN2O3S2. The predicted molar refractivity (Wildman–Crippen MR) is 99.3 cm³/mol. The highest BCUT2D eigenvalue weighted by molar-refractivity contribution is 7.91. The van der Waals surface area contributed by atoms with Gasteiger partial charge in [0.1, 0.15) is 10.3 Å². The zero-order chi connectivity index (χ0) is 18.0. The second-order valence-electron chi connectivity index (χ2n) is 5.98. The van der Waals surface area contributed by atoms with Gasteiger partial charge in [0.15, 0.2) is 0 Å². The van der Waals surface area contributed by atoms with Gasteiger partial charge in [-0.25, -0.2) is 8.42 Å². The number of amides is 1. The molecular weight excluding hydrogens is 380 g/mol. The Morgan fingerprint density at radius 1 is 1.28 bits per heavy atom. The topological polar surface area (TPSA) is 66.5 Å². The molecule has 1 saturated heterocycles. The van der Waals surface area contributed by atoms with Crippen LogP contribution in [0.15, 0.2) is 40.6 Å². The summed E-state index contributed by atoms with van der Waals surface area (Å²) in [6.07, 6.45) is 1.22. The molecule has 1 aromatic heterocycles. The molecule has 3 rings (SSSR count). The number of carbonyl (C=O) groups excluding carboxylic acids is 1. The van der Waals surface area contributed by atoms with Gasteiger partial charge in [0.2, 0.25) is 5.91 Å². The van der Waals surface area contributed by atoms with Crippen LogP contribution in [0.5, 0.6) is 0 Å². The summed E-state index contributed by atoms with van der Waals surface area (Å²) in [5.41, 5.74) is 0.916. The molecule has 8 heteroatoms. The van der Waals surface area contributed by atoms with Crippen LogP contribution >= 0.6 is 22.9 Å². The van der Waals surface area contributed by atoms with Gasteiger partial charge in [-0.1, -0.05) is 23.7 Å². The van der Waals surface area contributed by atoms with Gasteiger partial charge in [-0.2, -0.15) is 4.31 Å². The molecule has 5 nitrogen and oxygen atoms in total. The van der Waals surface area contributed by atoms with Gasteiger partial charge in [-0.3, -0.25) is 4.79 Å². The monoisotopic (exact) mass is 398 g/mol. The highest BCUT2D eigenvalue weighted by atomic mass is 35.5. The molecule has 1 aliphatic rings. The van der Waals surface area contributed by atoms with Gasteiger partial charge in [0.25, 0.3) is 10.0 Å². The largest absolute Gasteiger partial charge is 0.351 e. The van der Waals surface area contributed by atoms with E-state index in [1.807, 2.05) is 19.1 Å². The van der Waals surface area contributed by atoms with Gasteiger partial charge < -0.3 is 5.32 Å². The van der Waals surface area contributed by atoms with E-state index in [2.05, 4.69) is 5.32 Å². The number of aryl methyl sites for hydroxylation is 1. The number of nitrogens with zero attached hydrogens (tertiary/aromatic N) is 1. The number of nitrogens with one attached hydrogen (secondary N) is 1. The second-order valence-corrected chi connectivity index (χ2v) is 9.82. The average Bonchev–Trinajstić information content (AvgIpc) is 3.23. The Bertz CT molecular complexity index is 862. The normalized spacial score (nSPS) is 18.4. The molecule has 134 valence electrons. The van der Waals surface area contributed by atoms with E-state index < -0.39 is 16.1 Å². The van der Waals surface area contributed by atoms with E-state index in [-0.39, 0.29) is 5.91 Å². The number of hydrogen-bond donors (Lipinski definition) is 1. The molecule has 2 heterocycles. The van der Waals surface area contributed by atoms with Gasteiger partial charge in [0.05, 0.1) is 0 Å². The van der Waals surface area contributed by atoms with Crippen LogP contribution < -0.4 is 5.32 Å². The molecule has 1 unspecified atom stereocenters. The van der Waals surface area contributed by atoms with Crippen molar-refractivity contribution in [2.75, 3.05) is 6.54 Å². The smallest absolute Gasteiger partial charge is 0.253 e. The van der Waals surface area contributed by atoms with Crippen molar-refractivity contribution in [2.45, 2.75) is 36.6 Å². The molecule has 0 radical (unpaired) electrons. The Kier molecular flexibility index (Phi) is 5.48. The van der Waals surface area contributed by atoms with E-state index in [0.29, 0.717) is 35.2 Å². The zero-order valence-electron chi connectivity index (χ0n) is 13.7. The van der Waals surface area contributed by atoms with Crippen LogP contribution in [-0.2, 0) is 21.4 Å². The summed E-state index contributed by atoms with van der Waals surface area (Å²) in [4.78, 5) is 13.5. The molecule has 1 atom stereocenters. The maximum absolute atomic E-state index is 12.8. The minimum atomic E-state index is -3.63. The lowest BCUT2D eigenvalue weighted by Crippen LogP contribution is -2.45. The first kappa shape index (κ1) is 18.4. The van der Waals surface area contributed by atoms with Crippen molar-refractivity contribution >= 4 is 38.9 Å². The SMILES string of the molecule is Cc1ccc(S(=O)(=O)N2CCCC2C(=O)NCc2ccc(Cl)cc2)s1. The van der Waals surface area contributed by atoms with E-state index in [1.165, 1.54) is 15.6 Å². The van der Waals surface area contributed by atoms with Crippen molar-refractivity contribution in [3.05, 3.63) is 51.9 Å². The summed E-state index contributed by atoms with van der Waals surface area (Å²) in [5.74, 6) is -0.260. The van der Waals surface area contributed by atoms with Crippen LogP contribution in [0, 0.1) is 6.92 Å². The molecule has 1 aliphatic heterocycles. The minimum absolute atomic E-state index is 0.260. The number of sulfonamides is 1. The van der Waals surface area contributed by atoms with Crippen LogP contribution in [-0.4, -0.2) is 31.2 Å². The van der Waals surface area contributed by atoms with Crippen molar-refractivity contribution in [3.63, 3.8) is 0 Å². The Balaban J connectivity index is 1.70. The van der Waals surface area contributed by atoms with Crippen molar-refractivity contribution in [1.82, 2.24) is 9.62 Å². The first-order valence-corrected chi connectivity index (χ1v) is 10.6. The van der Waals surface area contributed by atoms with Crippen LogP contribution in [0.1, 0.15) is 23.3 Å². The lowest BCUT2D eigenvalue weighted by atomic mass is 10.2. The van der Waals surface area contributed by atoms with Crippen molar-refractivity contribution in [1.29, 1.82) is 0 Å². The molecule has 1 N–H and O–H groups in total. The zero-order valence-corrected chi connectivity index (χ0v) is 16.1. The lowest BCUT2D eigenvalue weighted by Gasteiger charge is -2.22. The Hall–Kier alpha value is -1.41. The third-order valence-electron chi connectivity index (χ3n) is 4.17. The summed E-state index contributed by atoms with van der Waals surface area (Å²) in [7, 11) is -3.63. The molecule has 1 aromatic carbocycles. The number of rotatable bonds is 5. The summed E-state index contributed by atoms with van der Waals surface area (Å²) >= 11 is 7.08. The first-order chi connectivity index (χ1) is 11.9. The van der Waals surface area contributed by atoms with Crippen LogP contribution in [0.4, 0.5) is 0 Å². The number of hydrogen-bond acceptors (Lipinski definition) is 4. The third kappa shape index (κ3) is 4.06. The van der Waals surface area contributed by atoms with E-state index >= 15 is 0 Å². The van der Waals surface area contributed by atoms with Crippen LogP contribution in [0.25, 0.3) is 0 Å². The summed E-state index contributed by atoms with van der Waals surface area (Å²) < 4.78 is 27.3. The summed E-state index contributed by atoms with van der Waals surface area (Å²) in [6, 6.07) is 9.92. The second kappa shape index (κ2) is 7.45. The molecule has 0 aliphatic carbocycles. The van der Waals surface area contributed by atoms with Gasteiger partial charge in [0, 0.05) is 23.0 Å². The highest BCUT2D eigenvalue weighted by Gasteiger charge is 2.39. The maximum atomic E-state index is 12.8. The summed E-state index contributed by atoms with van der Waals surface area (Å²) in [6.45, 7) is 2.58. The fraction of sp³-hybridized carbons (Fsp3) is 0.353.